The van der Waals surface area contributed by atoms with Gasteiger partial charge in [0.1, 0.15) is 11.5 Å². The average Bonchev–Trinajstić information content (AvgIpc) is 2.99. The molecule has 2 heterocycles. The Kier molecular flexibility index (Phi) is 3.83. The van der Waals surface area contributed by atoms with Gasteiger partial charge in [-0.25, -0.2) is 0 Å². The molecule has 2 aliphatic rings. The van der Waals surface area contributed by atoms with Crippen molar-refractivity contribution in [2.24, 2.45) is 5.92 Å². The first-order chi connectivity index (χ1) is 9.63. The van der Waals surface area contributed by atoms with Gasteiger partial charge in [-0.1, -0.05) is 6.92 Å². The van der Waals surface area contributed by atoms with E-state index in [4.69, 9.17) is 4.42 Å². The van der Waals surface area contributed by atoms with Gasteiger partial charge in [-0.3, -0.25) is 4.79 Å². The van der Waals surface area contributed by atoms with Gasteiger partial charge >= 0.3 is 0 Å². The average molecular weight is 277 g/mol. The fourth-order valence-corrected chi connectivity index (χ4v) is 3.02. The van der Waals surface area contributed by atoms with Crippen LogP contribution < -0.4 is 0 Å². The van der Waals surface area contributed by atoms with E-state index in [0.29, 0.717) is 25.3 Å². The lowest BCUT2D eigenvalue weighted by Gasteiger charge is -2.30. The lowest BCUT2D eigenvalue weighted by Crippen LogP contribution is -2.42. The summed E-state index contributed by atoms with van der Waals surface area (Å²) >= 11 is 0. The van der Waals surface area contributed by atoms with Crippen molar-refractivity contribution >= 4 is 5.91 Å². The van der Waals surface area contributed by atoms with Crippen molar-refractivity contribution in [1.29, 1.82) is 0 Å². The van der Waals surface area contributed by atoms with Crippen molar-refractivity contribution in [3.05, 3.63) is 23.7 Å². The number of nitrogens with zero attached hydrogens (tertiary/aromatic N) is 1. The van der Waals surface area contributed by atoms with Crippen LogP contribution in [0.5, 0.6) is 0 Å². The summed E-state index contributed by atoms with van der Waals surface area (Å²) in [4.78, 5) is 13.9. The van der Waals surface area contributed by atoms with Crippen LogP contribution in [0, 0.1) is 5.92 Å². The number of aryl methyl sites for hydroxylation is 1. The third-order valence-electron chi connectivity index (χ3n) is 4.49. The van der Waals surface area contributed by atoms with Gasteiger partial charge in [0, 0.05) is 31.8 Å². The summed E-state index contributed by atoms with van der Waals surface area (Å²) in [5.74, 6) is 3.45. The second-order valence-corrected chi connectivity index (χ2v) is 6.26. The normalized spacial score (nSPS) is 29.5. The van der Waals surface area contributed by atoms with E-state index in [-0.39, 0.29) is 12.0 Å². The fraction of sp³-hybridized carbons (Fsp3) is 0.688. The highest BCUT2D eigenvalue weighted by atomic mass is 16.3. The number of piperidine rings is 1. The van der Waals surface area contributed by atoms with Crippen LogP contribution in [0.3, 0.4) is 0 Å². The molecule has 1 aromatic rings. The van der Waals surface area contributed by atoms with Crippen LogP contribution in [0.2, 0.25) is 0 Å². The van der Waals surface area contributed by atoms with E-state index >= 15 is 0 Å². The predicted molar refractivity (Wildman–Crippen MR) is 75.4 cm³/mol. The SMILES string of the molecule is CC1CC1c1ccc(CCC(=O)N2CCCC(O)C2)o1. The minimum Gasteiger partial charge on any atom is -0.466 e. The molecular formula is C16H23NO3. The molecular weight excluding hydrogens is 254 g/mol. The summed E-state index contributed by atoms with van der Waals surface area (Å²) in [5.41, 5.74) is 0. The molecule has 0 bridgehead atoms. The van der Waals surface area contributed by atoms with E-state index in [1.165, 1.54) is 6.42 Å². The zero-order valence-electron chi connectivity index (χ0n) is 12.0. The number of aliphatic hydroxyl groups excluding tert-OH is 1. The Morgan fingerprint density at radius 2 is 2.30 bits per heavy atom. The van der Waals surface area contributed by atoms with Gasteiger partial charge in [0.15, 0.2) is 0 Å². The number of furan rings is 1. The molecule has 4 heteroatoms. The van der Waals surface area contributed by atoms with E-state index in [9.17, 15) is 9.90 Å². The Balaban J connectivity index is 1.48. The lowest BCUT2D eigenvalue weighted by molar-refractivity contribution is -0.134. The largest absolute Gasteiger partial charge is 0.466 e. The molecule has 20 heavy (non-hydrogen) atoms. The highest BCUT2D eigenvalue weighted by Crippen LogP contribution is 2.47. The van der Waals surface area contributed by atoms with Crippen LogP contribution in [-0.2, 0) is 11.2 Å². The number of rotatable bonds is 4. The second-order valence-electron chi connectivity index (χ2n) is 6.26. The van der Waals surface area contributed by atoms with Crippen LogP contribution in [0.15, 0.2) is 16.5 Å². The Labute approximate surface area is 119 Å². The van der Waals surface area contributed by atoms with Gasteiger partial charge < -0.3 is 14.4 Å². The zero-order valence-corrected chi connectivity index (χ0v) is 12.0. The molecule has 3 atom stereocenters. The standard InChI is InChI=1S/C16H23NO3/c1-11-9-14(11)15-6-4-13(20-15)5-7-16(19)17-8-2-3-12(18)10-17/h4,6,11-12,14,18H,2-3,5,7-10H2,1H3. The van der Waals surface area contributed by atoms with Crippen molar-refractivity contribution in [2.45, 2.75) is 51.0 Å². The number of likely N-dealkylation sites (tertiary alicyclic amines) is 1. The van der Waals surface area contributed by atoms with Gasteiger partial charge in [0.2, 0.25) is 5.91 Å². The second kappa shape index (κ2) is 5.60. The number of carbonyl (C=O) groups is 1. The van der Waals surface area contributed by atoms with Gasteiger partial charge in [0.25, 0.3) is 0 Å². The van der Waals surface area contributed by atoms with Crippen molar-refractivity contribution in [1.82, 2.24) is 4.90 Å². The highest BCUT2D eigenvalue weighted by molar-refractivity contribution is 5.76. The summed E-state index contributed by atoms with van der Waals surface area (Å²) in [7, 11) is 0. The molecule has 0 radical (unpaired) electrons. The van der Waals surface area contributed by atoms with Crippen molar-refractivity contribution in [3.8, 4) is 0 Å². The molecule has 0 aromatic carbocycles. The Hall–Kier alpha value is -1.29. The molecule has 1 amide bonds. The quantitative estimate of drug-likeness (QED) is 0.919. The molecule has 1 saturated carbocycles. The highest BCUT2D eigenvalue weighted by Gasteiger charge is 2.36. The van der Waals surface area contributed by atoms with Crippen molar-refractivity contribution < 1.29 is 14.3 Å². The number of β-amino-alcohol motifs (C(OH)–C–C–N with tert-alkyl or cyclic N) is 1. The van der Waals surface area contributed by atoms with E-state index in [1.807, 2.05) is 6.07 Å². The van der Waals surface area contributed by atoms with E-state index in [1.54, 1.807) is 4.90 Å². The number of hydrogen-bond acceptors (Lipinski definition) is 3. The van der Waals surface area contributed by atoms with Crippen LogP contribution >= 0.6 is 0 Å². The van der Waals surface area contributed by atoms with Crippen LogP contribution in [0.1, 0.15) is 50.0 Å². The smallest absolute Gasteiger partial charge is 0.223 e. The zero-order chi connectivity index (χ0) is 14.1. The fourth-order valence-electron chi connectivity index (χ4n) is 3.02. The molecule has 2 fully saturated rings. The summed E-state index contributed by atoms with van der Waals surface area (Å²) in [5, 5.41) is 9.60. The monoisotopic (exact) mass is 277 g/mol. The predicted octanol–water partition coefficient (Wildman–Crippen LogP) is 2.32. The number of carbonyl (C=O) groups excluding carboxylic acids is 1. The molecule has 1 saturated heterocycles. The summed E-state index contributed by atoms with van der Waals surface area (Å²) in [6.07, 6.45) is 3.71. The van der Waals surface area contributed by atoms with Gasteiger partial charge in [0.05, 0.1) is 6.10 Å². The summed E-state index contributed by atoms with van der Waals surface area (Å²) in [6, 6.07) is 4.05. The topological polar surface area (TPSA) is 53.7 Å². The van der Waals surface area contributed by atoms with Gasteiger partial charge in [-0.2, -0.15) is 0 Å². The summed E-state index contributed by atoms with van der Waals surface area (Å²) in [6.45, 7) is 3.50. The third-order valence-corrected chi connectivity index (χ3v) is 4.49. The molecule has 1 N–H and O–H groups in total. The third kappa shape index (κ3) is 3.06. The Morgan fingerprint density at radius 3 is 3.00 bits per heavy atom. The number of hydrogen-bond donors (Lipinski definition) is 1. The molecule has 1 aliphatic heterocycles. The first-order valence-corrected chi connectivity index (χ1v) is 7.68. The molecule has 3 unspecified atom stereocenters. The van der Waals surface area contributed by atoms with Gasteiger partial charge in [-0.05, 0) is 37.3 Å². The van der Waals surface area contributed by atoms with E-state index < -0.39 is 0 Å². The molecule has 1 aromatic heterocycles. The molecule has 1 aliphatic carbocycles. The van der Waals surface area contributed by atoms with Gasteiger partial charge in [-0.15, -0.1) is 0 Å². The van der Waals surface area contributed by atoms with E-state index in [2.05, 4.69) is 13.0 Å². The number of amides is 1. The molecule has 4 nitrogen and oxygen atoms in total. The molecule has 3 rings (SSSR count). The first kappa shape index (κ1) is 13.7. The molecule has 110 valence electrons. The maximum atomic E-state index is 12.1. The molecule has 0 spiro atoms. The minimum atomic E-state index is -0.348. The van der Waals surface area contributed by atoms with E-state index in [0.717, 1.165) is 36.8 Å². The van der Waals surface area contributed by atoms with Crippen LogP contribution in [-0.4, -0.2) is 35.1 Å². The minimum absolute atomic E-state index is 0.126. The maximum absolute atomic E-state index is 12.1. The van der Waals surface area contributed by atoms with Crippen molar-refractivity contribution in [2.75, 3.05) is 13.1 Å². The van der Waals surface area contributed by atoms with Crippen molar-refractivity contribution in [3.63, 3.8) is 0 Å². The first-order valence-electron chi connectivity index (χ1n) is 7.68. The maximum Gasteiger partial charge on any atom is 0.223 e. The summed E-state index contributed by atoms with van der Waals surface area (Å²) < 4.78 is 5.82. The lowest BCUT2D eigenvalue weighted by atomic mass is 10.1. The Morgan fingerprint density at radius 1 is 1.50 bits per heavy atom. The van der Waals surface area contributed by atoms with Crippen LogP contribution in [0.25, 0.3) is 0 Å². The number of aliphatic hydroxyl groups is 1. The van der Waals surface area contributed by atoms with Crippen LogP contribution in [0.4, 0.5) is 0 Å². The Bertz CT molecular complexity index is 482.